The zero-order chi connectivity index (χ0) is 9.68. The molecule has 2 atom stereocenters. The van der Waals surface area contributed by atoms with Gasteiger partial charge in [0.25, 0.3) is 0 Å². The standard InChI is InChI=1S/C9H16N2OS/c1-3-5-10-9(13)11-8-4-6-12-7(8)2/h3,7-8H,1,4-6H2,2H3,(H2,10,11,13). The lowest BCUT2D eigenvalue weighted by molar-refractivity contribution is 0.116. The largest absolute Gasteiger partial charge is 0.376 e. The molecule has 0 saturated carbocycles. The Morgan fingerprint density at radius 1 is 1.77 bits per heavy atom. The van der Waals surface area contributed by atoms with Crippen LogP contribution < -0.4 is 10.6 Å². The van der Waals surface area contributed by atoms with Gasteiger partial charge in [-0.2, -0.15) is 0 Å². The lowest BCUT2D eigenvalue weighted by atomic mass is 10.2. The minimum Gasteiger partial charge on any atom is -0.376 e. The van der Waals surface area contributed by atoms with E-state index in [0.29, 0.717) is 17.7 Å². The lowest BCUT2D eigenvalue weighted by Crippen LogP contribution is -2.44. The molecular formula is C9H16N2OS. The summed E-state index contributed by atoms with van der Waals surface area (Å²) in [6.07, 6.45) is 3.06. The molecule has 1 heterocycles. The predicted molar refractivity (Wildman–Crippen MR) is 57.8 cm³/mol. The first-order chi connectivity index (χ1) is 6.24. The summed E-state index contributed by atoms with van der Waals surface area (Å²) in [6.45, 7) is 7.19. The number of ether oxygens (including phenoxy) is 1. The predicted octanol–water partition coefficient (Wildman–Crippen LogP) is 0.814. The van der Waals surface area contributed by atoms with Gasteiger partial charge in [0, 0.05) is 13.2 Å². The molecule has 13 heavy (non-hydrogen) atoms. The van der Waals surface area contributed by atoms with E-state index in [2.05, 4.69) is 24.1 Å². The van der Waals surface area contributed by atoms with E-state index in [4.69, 9.17) is 17.0 Å². The van der Waals surface area contributed by atoms with Crippen LogP contribution in [0.4, 0.5) is 0 Å². The van der Waals surface area contributed by atoms with Gasteiger partial charge in [-0.15, -0.1) is 6.58 Å². The Bertz CT molecular complexity index is 196. The molecule has 2 N–H and O–H groups in total. The molecule has 4 heteroatoms. The van der Waals surface area contributed by atoms with Gasteiger partial charge in [0.15, 0.2) is 5.11 Å². The normalized spacial score (nSPS) is 26.8. The monoisotopic (exact) mass is 200 g/mol. The summed E-state index contributed by atoms with van der Waals surface area (Å²) in [5, 5.41) is 6.92. The first kappa shape index (κ1) is 10.5. The van der Waals surface area contributed by atoms with Crippen molar-refractivity contribution < 1.29 is 4.74 Å². The van der Waals surface area contributed by atoms with Gasteiger partial charge in [-0.3, -0.25) is 0 Å². The van der Waals surface area contributed by atoms with Crippen LogP contribution in [0.3, 0.4) is 0 Å². The maximum Gasteiger partial charge on any atom is 0.166 e. The second-order valence-electron chi connectivity index (χ2n) is 3.11. The molecule has 2 unspecified atom stereocenters. The van der Waals surface area contributed by atoms with Crippen molar-refractivity contribution in [1.29, 1.82) is 0 Å². The van der Waals surface area contributed by atoms with Crippen LogP contribution in [0.25, 0.3) is 0 Å². The Balaban J connectivity index is 2.22. The number of hydrogen-bond acceptors (Lipinski definition) is 2. The van der Waals surface area contributed by atoms with E-state index in [-0.39, 0.29) is 6.10 Å². The molecule has 1 rings (SSSR count). The summed E-state index contributed by atoms with van der Waals surface area (Å²) < 4.78 is 5.40. The number of rotatable bonds is 3. The summed E-state index contributed by atoms with van der Waals surface area (Å²) in [6, 6.07) is 0.352. The van der Waals surface area contributed by atoms with Crippen molar-refractivity contribution in [3.05, 3.63) is 12.7 Å². The van der Waals surface area contributed by atoms with E-state index in [0.717, 1.165) is 13.0 Å². The average Bonchev–Trinajstić information content (AvgIpc) is 2.48. The Hall–Kier alpha value is -0.610. The van der Waals surface area contributed by atoms with Crippen LogP contribution >= 0.6 is 12.2 Å². The third kappa shape index (κ3) is 3.32. The van der Waals surface area contributed by atoms with Gasteiger partial charge in [-0.05, 0) is 25.6 Å². The number of thiocarbonyl (C=S) groups is 1. The van der Waals surface area contributed by atoms with Crippen molar-refractivity contribution in [2.45, 2.75) is 25.5 Å². The maximum atomic E-state index is 5.40. The SMILES string of the molecule is C=CCNC(=S)NC1CCOC1C. The highest BCUT2D eigenvalue weighted by atomic mass is 32.1. The Kier molecular flexibility index (Phi) is 4.18. The van der Waals surface area contributed by atoms with E-state index in [9.17, 15) is 0 Å². The molecule has 1 saturated heterocycles. The smallest absolute Gasteiger partial charge is 0.166 e. The molecule has 0 amide bonds. The van der Waals surface area contributed by atoms with Gasteiger partial charge in [0.2, 0.25) is 0 Å². The quantitative estimate of drug-likeness (QED) is 0.522. The van der Waals surface area contributed by atoms with E-state index < -0.39 is 0 Å². The summed E-state index contributed by atoms with van der Waals surface area (Å²) in [5.41, 5.74) is 0. The first-order valence-electron chi connectivity index (χ1n) is 4.51. The van der Waals surface area contributed by atoms with Crippen molar-refractivity contribution in [1.82, 2.24) is 10.6 Å². The Morgan fingerprint density at radius 2 is 2.54 bits per heavy atom. The molecule has 0 radical (unpaired) electrons. The minimum absolute atomic E-state index is 0.253. The molecule has 0 aromatic carbocycles. The molecule has 1 fully saturated rings. The van der Waals surface area contributed by atoms with Crippen LogP contribution in [0, 0.1) is 0 Å². The fraction of sp³-hybridized carbons (Fsp3) is 0.667. The molecule has 74 valence electrons. The van der Waals surface area contributed by atoms with E-state index in [1.54, 1.807) is 6.08 Å². The molecular weight excluding hydrogens is 184 g/mol. The van der Waals surface area contributed by atoms with Crippen molar-refractivity contribution in [2.75, 3.05) is 13.2 Å². The highest BCUT2D eigenvalue weighted by Gasteiger charge is 2.24. The fourth-order valence-corrected chi connectivity index (χ4v) is 1.54. The third-order valence-corrected chi connectivity index (χ3v) is 2.36. The van der Waals surface area contributed by atoms with Crippen molar-refractivity contribution in [3.63, 3.8) is 0 Å². The topological polar surface area (TPSA) is 33.3 Å². The summed E-state index contributed by atoms with van der Waals surface area (Å²) in [5.74, 6) is 0. The van der Waals surface area contributed by atoms with Gasteiger partial charge >= 0.3 is 0 Å². The zero-order valence-electron chi connectivity index (χ0n) is 7.88. The van der Waals surface area contributed by atoms with Gasteiger partial charge in [0.1, 0.15) is 0 Å². The summed E-state index contributed by atoms with van der Waals surface area (Å²) >= 11 is 5.08. The van der Waals surface area contributed by atoms with Crippen LogP contribution in [0.15, 0.2) is 12.7 Å². The molecule has 0 aromatic rings. The average molecular weight is 200 g/mol. The first-order valence-corrected chi connectivity index (χ1v) is 4.91. The maximum absolute atomic E-state index is 5.40. The van der Waals surface area contributed by atoms with E-state index in [1.807, 2.05) is 0 Å². The molecule has 3 nitrogen and oxygen atoms in total. The second kappa shape index (κ2) is 5.19. The molecule has 0 bridgehead atoms. The minimum atomic E-state index is 0.253. The summed E-state index contributed by atoms with van der Waals surface area (Å²) in [7, 11) is 0. The second-order valence-corrected chi connectivity index (χ2v) is 3.52. The van der Waals surface area contributed by atoms with Crippen LogP contribution in [0.2, 0.25) is 0 Å². The molecule has 1 aliphatic rings. The van der Waals surface area contributed by atoms with E-state index in [1.165, 1.54) is 0 Å². The van der Waals surface area contributed by atoms with Crippen LogP contribution in [0.5, 0.6) is 0 Å². The number of nitrogens with one attached hydrogen (secondary N) is 2. The molecule has 0 aliphatic carbocycles. The zero-order valence-corrected chi connectivity index (χ0v) is 8.69. The molecule has 0 aromatic heterocycles. The van der Waals surface area contributed by atoms with Crippen molar-refractivity contribution in [3.8, 4) is 0 Å². The van der Waals surface area contributed by atoms with Crippen molar-refractivity contribution in [2.24, 2.45) is 0 Å². The van der Waals surface area contributed by atoms with Crippen LogP contribution in [-0.2, 0) is 4.74 Å². The van der Waals surface area contributed by atoms with Gasteiger partial charge < -0.3 is 15.4 Å². The Labute approximate surface area is 84.5 Å². The Morgan fingerprint density at radius 3 is 3.08 bits per heavy atom. The highest BCUT2D eigenvalue weighted by molar-refractivity contribution is 7.80. The fourth-order valence-electron chi connectivity index (χ4n) is 1.31. The number of hydrogen-bond donors (Lipinski definition) is 2. The van der Waals surface area contributed by atoms with E-state index >= 15 is 0 Å². The van der Waals surface area contributed by atoms with Crippen LogP contribution in [0.1, 0.15) is 13.3 Å². The van der Waals surface area contributed by atoms with Gasteiger partial charge in [0.05, 0.1) is 12.1 Å². The van der Waals surface area contributed by atoms with Gasteiger partial charge in [-0.1, -0.05) is 6.08 Å². The summed E-state index contributed by atoms with van der Waals surface area (Å²) in [4.78, 5) is 0. The van der Waals surface area contributed by atoms with Gasteiger partial charge in [-0.25, -0.2) is 0 Å². The lowest BCUT2D eigenvalue weighted by Gasteiger charge is -2.18. The third-order valence-electron chi connectivity index (χ3n) is 2.10. The molecule has 0 spiro atoms. The van der Waals surface area contributed by atoms with Crippen molar-refractivity contribution >= 4 is 17.3 Å². The van der Waals surface area contributed by atoms with Crippen LogP contribution in [-0.4, -0.2) is 30.4 Å². The molecule has 1 aliphatic heterocycles. The highest BCUT2D eigenvalue weighted by Crippen LogP contribution is 2.11.